The molecule has 0 spiro atoms. The number of amides is 1. The minimum atomic E-state index is -4.39. The van der Waals surface area contributed by atoms with Gasteiger partial charge in [0.25, 0.3) is 0 Å². The maximum atomic E-state index is 12.7. The number of rotatable bonds is 3. The van der Waals surface area contributed by atoms with Gasteiger partial charge in [-0.25, -0.2) is 0 Å². The molecule has 1 aliphatic carbocycles. The average Bonchev–Trinajstić information content (AvgIpc) is 2.54. The molecule has 1 atom stereocenters. The summed E-state index contributed by atoms with van der Waals surface area (Å²) < 4.78 is 38.2. The molecule has 0 radical (unpaired) electrons. The Kier molecular flexibility index (Phi) is 4.60. The maximum absolute atomic E-state index is 12.7. The van der Waals surface area contributed by atoms with Crippen LogP contribution in [0.5, 0.6) is 0 Å². The summed E-state index contributed by atoms with van der Waals surface area (Å²) in [4.78, 5) is 12.3. The fourth-order valence-electron chi connectivity index (χ4n) is 3.19. The van der Waals surface area contributed by atoms with Crippen molar-refractivity contribution in [3.05, 3.63) is 70.8 Å². The van der Waals surface area contributed by atoms with E-state index < -0.39 is 11.7 Å². The molecule has 0 saturated heterocycles. The summed E-state index contributed by atoms with van der Waals surface area (Å²) in [5.74, 6) is -0.254. The van der Waals surface area contributed by atoms with Crippen LogP contribution in [0.15, 0.2) is 48.5 Å². The Morgan fingerprint density at radius 2 is 1.92 bits per heavy atom. The highest BCUT2D eigenvalue weighted by atomic mass is 19.4. The van der Waals surface area contributed by atoms with Gasteiger partial charge in [-0.3, -0.25) is 4.79 Å². The second kappa shape index (κ2) is 6.67. The maximum Gasteiger partial charge on any atom is 0.416 e. The van der Waals surface area contributed by atoms with Crippen LogP contribution in [-0.4, -0.2) is 5.91 Å². The molecule has 126 valence electrons. The lowest BCUT2D eigenvalue weighted by Gasteiger charge is -2.26. The predicted octanol–water partition coefficient (Wildman–Crippen LogP) is 4.44. The number of fused-ring (bicyclic) bond motifs is 1. The van der Waals surface area contributed by atoms with Crippen molar-refractivity contribution in [3.8, 4) is 0 Å². The van der Waals surface area contributed by atoms with E-state index >= 15 is 0 Å². The molecule has 2 aromatic carbocycles. The summed E-state index contributed by atoms with van der Waals surface area (Å²) in [5, 5.41) is 2.96. The van der Waals surface area contributed by atoms with Gasteiger partial charge in [0.2, 0.25) is 5.91 Å². The number of halogens is 3. The normalized spacial score (nSPS) is 17.2. The molecule has 0 unspecified atom stereocenters. The molecule has 1 aliphatic rings. The zero-order valence-corrected chi connectivity index (χ0v) is 13.1. The van der Waals surface area contributed by atoms with Crippen LogP contribution in [-0.2, 0) is 23.8 Å². The first-order valence-electron chi connectivity index (χ1n) is 7.97. The first-order valence-corrected chi connectivity index (χ1v) is 7.97. The molecule has 2 nitrogen and oxygen atoms in total. The van der Waals surface area contributed by atoms with Gasteiger partial charge in [-0.05, 0) is 42.0 Å². The summed E-state index contributed by atoms with van der Waals surface area (Å²) >= 11 is 0. The molecule has 0 aliphatic heterocycles. The average molecular weight is 333 g/mol. The van der Waals surface area contributed by atoms with Crippen molar-refractivity contribution < 1.29 is 18.0 Å². The highest BCUT2D eigenvalue weighted by Gasteiger charge is 2.30. The van der Waals surface area contributed by atoms with Gasteiger partial charge < -0.3 is 5.32 Å². The van der Waals surface area contributed by atoms with Crippen molar-refractivity contribution in [3.63, 3.8) is 0 Å². The number of alkyl halides is 3. The lowest BCUT2D eigenvalue weighted by Crippen LogP contribution is -2.32. The SMILES string of the molecule is O=C(Cc1cccc(C(F)(F)F)c1)N[C@@H]1CCCc2ccccc21. The van der Waals surface area contributed by atoms with E-state index in [1.807, 2.05) is 18.2 Å². The van der Waals surface area contributed by atoms with Crippen LogP contribution in [0.25, 0.3) is 0 Å². The zero-order valence-electron chi connectivity index (χ0n) is 13.1. The molecule has 1 N–H and O–H groups in total. The molecule has 0 bridgehead atoms. The summed E-state index contributed by atoms with van der Waals surface area (Å²) in [6.07, 6.45) is -1.61. The van der Waals surface area contributed by atoms with Gasteiger partial charge >= 0.3 is 6.18 Å². The lowest BCUT2D eigenvalue weighted by molar-refractivity contribution is -0.137. The second-order valence-electron chi connectivity index (χ2n) is 6.09. The topological polar surface area (TPSA) is 29.1 Å². The van der Waals surface area contributed by atoms with Gasteiger partial charge in [0.05, 0.1) is 18.0 Å². The Balaban J connectivity index is 1.69. The third-order valence-corrected chi connectivity index (χ3v) is 4.32. The van der Waals surface area contributed by atoms with Crippen LogP contribution in [0.2, 0.25) is 0 Å². The van der Waals surface area contributed by atoms with Crippen molar-refractivity contribution in [2.45, 2.75) is 37.9 Å². The molecule has 0 heterocycles. The minimum absolute atomic E-state index is 0.0530. The van der Waals surface area contributed by atoms with E-state index in [-0.39, 0.29) is 18.4 Å². The van der Waals surface area contributed by atoms with Gasteiger partial charge in [0, 0.05) is 0 Å². The molecule has 2 aromatic rings. The number of hydrogen-bond acceptors (Lipinski definition) is 1. The van der Waals surface area contributed by atoms with Crippen LogP contribution < -0.4 is 5.32 Å². The quantitative estimate of drug-likeness (QED) is 0.884. The summed E-state index contributed by atoms with van der Waals surface area (Å²) in [6, 6.07) is 12.8. The molecule has 1 amide bonds. The van der Waals surface area contributed by atoms with Crippen LogP contribution in [0, 0.1) is 0 Å². The summed E-state index contributed by atoms with van der Waals surface area (Å²) in [5.41, 5.74) is 1.98. The van der Waals surface area contributed by atoms with Gasteiger partial charge in [-0.15, -0.1) is 0 Å². The molecule has 0 aromatic heterocycles. The minimum Gasteiger partial charge on any atom is -0.349 e. The Hall–Kier alpha value is -2.30. The van der Waals surface area contributed by atoms with Crippen LogP contribution in [0.1, 0.15) is 41.1 Å². The van der Waals surface area contributed by atoms with Gasteiger partial charge in [-0.1, -0.05) is 42.5 Å². The van der Waals surface area contributed by atoms with Crippen molar-refractivity contribution in [1.82, 2.24) is 5.32 Å². The molecule has 3 rings (SSSR count). The first kappa shape index (κ1) is 16.6. The Labute approximate surface area is 138 Å². The van der Waals surface area contributed by atoms with Crippen molar-refractivity contribution in [2.75, 3.05) is 0 Å². The Morgan fingerprint density at radius 1 is 1.12 bits per heavy atom. The fraction of sp³-hybridized carbons (Fsp3) is 0.316. The number of carbonyl (C=O) groups is 1. The second-order valence-corrected chi connectivity index (χ2v) is 6.09. The van der Waals surface area contributed by atoms with Crippen molar-refractivity contribution in [2.24, 2.45) is 0 Å². The van der Waals surface area contributed by atoms with E-state index in [1.165, 1.54) is 11.6 Å². The summed E-state index contributed by atoms with van der Waals surface area (Å²) in [7, 11) is 0. The molecule has 24 heavy (non-hydrogen) atoms. The molecular formula is C19H18F3NO. The van der Waals surface area contributed by atoms with E-state index in [4.69, 9.17) is 0 Å². The van der Waals surface area contributed by atoms with E-state index in [1.54, 1.807) is 6.07 Å². The smallest absolute Gasteiger partial charge is 0.349 e. The first-order chi connectivity index (χ1) is 11.4. The van der Waals surface area contributed by atoms with Crippen LogP contribution >= 0.6 is 0 Å². The largest absolute Gasteiger partial charge is 0.416 e. The van der Waals surface area contributed by atoms with E-state index in [9.17, 15) is 18.0 Å². The standard InChI is InChI=1S/C19H18F3NO/c20-19(21,22)15-8-3-5-13(11-15)12-18(24)23-17-10-4-7-14-6-1-2-9-16(14)17/h1-3,5-6,8-9,11,17H,4,7,10,12H2,(H,23,24)/t17-/m1/s1. The Morgan fingerprint density at radius 3 is 2.71 bits per heavy atom. The fourth-order valence-corrected chi connectivity index (χ4v) is 3.19. The van der Waals surface area contributed by atoms with Gasteiger partial charge in [0.1, 0.15) is 0 Å². The number of aryl methyl sites for hydroxylation is 1. The number of carbonyl (C=O) groups excluding carboxylic acids is 1. The van der Waals surface area contributed by atoms with E-state index in [0.717, 1.165) is 37.0 Å². The van der Waals surface area contributed by atoms with E-state index in [2.05, 4.69) is 11.4 Å². The lowest BCUT2D eigenvalue weighted by atomic mass is 9.87. The zero-order chi connectivity index (χ0) is 17.2. The third kappa shape index (κ3) is 3.78. The van der Waals surface area contributed by atoms with Crippen molar-refractivity contribution >= 4 is 5.91 Å². The van der Waals surface area contributed by atoms with Crippen LogP contribution in [0.3, 0.4) is 0 Å². The van der Waals surface area contributed by atoms with E-state index in [0.29, 0.717) is 5.56 Å². The molecular weight excluding hydrogens is 315 g/mol. The molecule has 0 fully saturated rings. The third-order valence-electron chi connectivity index (χ3n) is 4.32. The highest BCUT2D eigenvalue weighted by molar-refractivity contribution is 5.79. The predicted molar refractivity (Wildman–Crippen MR) is 85.4 cm³/mol. The van der Waals surface area contributed by atoms with Crippen LogP contribution in [0.4, 0.5) is 13.2 Å². The highest BCUT2D eigenvalue weighted by Crippen LogP contribution is 2.31. The molecule has 0 saturated carbocycles. The monoisotopic (exact) mass is 333 g/mol. The number of benzene rings is 2. The summed E-state index contributed by atoms with van der Waals surface area (Å²) in [6.45, 7) is 0. The molecule has 5 heteroatoms. The number of hydrogen-bond donors (Lipinski definition) is 1. The number of nitrogens with one attached hydrogen (secondary N) is 1. The van der Waals surface area contributed by atoms with Crippen molar-refractivity contribution in [1.29, 1.82) is 0 Å². The van der Waals surface area contributed by atoms with Gasteiger partial charge in [0.15, 0.2) is 0 Å². The Bertz CT molecular complexity index is 739. The van der Waals surface area contributed by atoms with Gasteiger partial charge in [-0.2, -0.15) is 13.2 Å².